The Morgan fingerprint density at radius 2 is 0.979 bits per heavy atom. The van der Waals surface area contributed by atoms with Gasteiger partial charge >= 0.3 is 7.60 Å². The number of rotatable bonds is 8. The summed E-state index contributed by atoms with van der Waals surface area (Å²) >= 11 is 0. The molecule has 0 spiro atoms. The quantitative estimate of drug-likeness (QED) is 0.0659. The summed E-state index contributed by atoms with van der Waals surface area (Å²) in [5.74, 6) is -4.55. The molecule has 0 aliphatic rings. The normalized spacial score (nSPS) is 11.6. The van der Waals surface area contributed by atoms with Crippen LogP contribution >= 0.6 is 7.60 Å². The second-order valence-electron chi connectivity index (χ2n) is 10.0. The van der Waals surface area contributed by atoms with E-state index in [0.29, 0.717) is 0 Å². The van der Waals surface area contributed by atoms with Crippen LogP contribution in [0.4, 0.5) is 0 Å². The fraction of sp³-hybridized carbons (Fsp3) is 0.0323. The van der Waals surface area contributed by atoms with E-state index in [1.807, 2.05) is 0 Å². The first kappa shape index (κ1) is 30.9. The van der Waals surface area contributed by atoms with Crippen molar-refractivity contribution in [3.05, 3.63) is 93.2 Å². The van der Waals surface area contributed by atoms with Gasteiger partial charge in [-0.15, -0.1) is 0 Å². The second-order valence-corrected chi connectivity index (χ2v) is 11.9. The molecule has 15 nitrogen and oxygen atoms in total. The molecule has 4 aromatic carbocycles. The molecule has 2 heterocycles. The molecule has 0 aliphatic carbocycles. The van der Waals surface area contributed by atoms with Crippen LogP contribution in [-0.2, 0) is 13.9 Å². The van der Waals surface area contributed by atoms with Crippen LogP contribution in [0.15, 0.2) is 91.2 Å². The first-order valence-electron chi connectivity index (χ1n) is 13.3. The van der Waals surface area contributed by atoms with E-state index in [-0.39, 0.29) is 56.1 Å². The van der Waals surface area contributed by atoms with Crippen LogP contribution in [0, 0.1) is 0 Å². The number of phenolic OH excluding ortho intramolecular Hbond substituents is 4. The van der Waals surface area contributed by atoms with Gasteiger partial charge in [0.2, 0.25) is 33.9 Å². The van der Waals surface area contributed by atoms with Crippen LogP contribution in [0.25, 0.3) is 44.6 Å². The van der Waals surface area contributed by atoms with Crippen molar-refractivity contribution in [3.8, 4) is 68.6 Å². The Bertz CT molecular complexity index is 2210. The highest BCUT2D eigenvalue weighted by Gasteiger charge is 2.26. The molecule has 0 amide bonds. The maximum Gasteiger partial charge on any atom is 0.402 e. The summed E-state index contributed by atoms with van der Waals surface area (Å²) in [6, 6.07) is 14.3. The maximum atomic E-state index is 12.9. The molecule has 47 heavy (non-hydrogen) atoms. The molecular formula is C31H21O15P. The zero-order valence-electron chi connectivity index (χ0n) is 23.7. The smallest absolute Gasteiger partial charge is 0.402 e. The Morgan fingerprint density at radius 3 is 1.38 bits per heavy atom. The topological polar surface area (TPSA) is 236 Å². The Hall–Kier alpha value is -6.15. The first-order valence-corrected chi connectivity index (χ1v) is 15.2. The van der Waals surface area contributed by atoms with Crippen molar-refractivity contribution < 1.29 is 63.2 Å². The summed E-state index contributed by atoms with van der Waals surface area (Å²) < 4.78 is 33.8. The van der Waals surface area contributed by atoms with E-state index in [1.165, 1.54) is 48.5 Å². The predicted molar refractivity (Wildman–Crippen MR) is 163 cm³/mol. The lowest BCUT2D eigenvalue weighted by Crippen LogP contribution is -2.04. The van der Waals surface area contributed by atoms with E-state index in [2.05, 4.69) is 0 Å². The van der Waals surface area contributed by atoms with Crippen molar-refractivity contribution in [2.45, 2.75) is 0 Å². The van der Waals surface area contributed by atoms with Gasteiger partial charge in [-0.25, -0.2) is 0 Å². The zero-order chi connectivity index (χ0) is 33.6. The highest BCUT2D eigenvalue weighted by atomic mass is 31.2. The molecule has 2 aromatic heterocycles. The van der Waals surface area contributed by atoms with Crippen molar-refractivity contribution in [3.63, 3.8) is 0 Å². The summed E-state index contributed by atoms with van der Waals surface area (Å²) in [5, 5.41) is 61.0. The second kappa shape index (κ2) is 11.7. The minimum Gasteiger partial charge on any atom is -0.508 e. The molecule has 0 aliphatic heterocycles. The number of hydrogen-bond donors (Lipinski definition) is 6. The lowest BCUT2D eigenvalue weighted by molar-refractivity contribution is -0.170. The van der Waals surface area contributed by atoms with E-state index in [9.17, 15) is 44.8 Å². The van der Waals surface area contributed by atoms with Crippen molar-refractivity contribution in [2.75, 3.05) is 6.66 Å². The average Bonchev–Trinajstić information content (AvgIpc) is 3.03. The van der Waals surface area contributed by atoms with Gasteiger partial charge in [0.1, 0.15) is 22.7 Å². The van der Waals surface area contributed by atoms with Crippen molar-refractivity contribution in [2.24, 2.45) is 0 Å². The Kier molecular flexibility index (Phi) is 7.65. The molecular weight excluding hydrogens is 643 g/mol. The fourth-order valence-corrected chi connectivity index (χ4v) is 4.86. The van der Waals surface area contributed by atoms with E-state index in [0.717, 1.165) is 30.9 Å². The molecule has 0 radical (unpaired) electrons. The van der Waals surface area contributed by atoms with E-state index >= 15 is 0 Å². The van der Waals surface area contributed by atoms with E-state index in [1.54, 1.807) is 0 Å². The highest BCUT2D eigenvalue weighted by molar-refractivity contribution is 7.52. The van der Waals surface area contributed by atoms with E-state index in [4.69, 9.17) is 28.0 Å². The Balaban J connectivity index is 1.21. The van der Waals surface area contributed by atoms with Crippen molar-refractivity contribution >= 4 is 29.5 Å². The van der Waals surface area contributed by atoms with Gasteiger partial charge in [-0.1, -0.05) is 9.35 Å². The summed E-state index contributed by atoms with van der Waals surface area (Å²) in [6.45, 7) is 0.913. The molecule has 0 saturated carbocycles. The minimum absolute atomic E-state index is 0.00202. The van der Waals surface area contributed by atoms with Gasteiger partial charge in [0, 0.05) is 29.9 Å². The van der Waals surface area contributed by atoms with Crippen molar-refractivity contribution in [1.29, 1.82) is 0 Å². The number of fused-ring (bicyclic) bond motifs is 2. The zero-order valence-corrected chi connectivity index (χ0v) is 24.6. The summed E-state index contributed by atoms with van der Waals surface area (Å²) in [4.78, 5) is 35.3. The Morgan fingerprint density at radius 1 is 0.574 bits per heavy atom. The van der Waals surface area contributed by atoms with Gasteiger partial charge in [0.05, 0.1) is 10.8 Å². The molecule has 0 bridgehead atoms. The fourth-order valence-electron chi connectivity index (χ4n) is 4.41. The standard InChI is InChI=1S/C31H21O15P/c1-47(40,45-43-24-10-14(2-8-20(24)34)30-28(38)26(36)18-6-4-16(32)12-22(18)41-30)46-44-25-11-15(3-9-21(25)35)31-29(39)27(37)19-7-5-17(33)13-23(19)42-31/h2-13,32-35,38-39H,1H3. The van der Waals surface area contributed by atoms with Gasteiger partial charge in [-0.05, 0) is 60.7 Å². The lowest BCUT2D eigenvalue weighted by Gasteiger charge is -2.14. The molecule has 0 fully saturated rings. The number of benzene rings is 4. The molecule has 0 unspecified atom stereocenters. The molecule has 6 aromatic rings. The molecule has 16 heteroatoms. The summed E-state index contributed by atoms with van der Waals surface area (Å²) in [7, 11) is -4.32. The van der Waals surface area contributed by atoms with Crippen LogP contribution < -0.4 is 20.6 Å². The van der Waals surface area contributed by atoms with E-state index < -0.39 is 53.0 Å². The third-order valence-electron chi connectivity index (χ3n) is 6.67. The van der Waals surface area contributed by atoms with Crippen molar-refractivity contribution in [1.82, 2.24) is 0 Å². The van der Waals surface area contributed by atoms with Gasteiger partial charge in [0.15, 0.2) is 23.0 Å². The van der Waals surface area contributed by atoms with Gasteiger partial charge in [0.25, 0.3) is 0 Å². The number of phenols is 4. The Labute approximate surface area is 261 Å². The summed E-state index contributed by atoms with van der Waals surface area (Å²) in [5.41, 5.74) is -1.62. The molecule has 0 atom stereocenters. The molecule has 6 N–H and O–H groups in total. The third-order valence-corrected chi connectivity index (χ3v) is 7.36. The van der Waals surface area contributed by atoms with Crippen LogP contribution in [0.3, 0.4) is 0 Å². The van der Waals surface area contributed by atoms with Crippen LogP contribution in [0.1, 0.15) is 0 Å². The average molecular weight is 664 g/mol. The van der Waals surface area contributed by atoms with Crippen LogP contribution in [0.2, 0.25) is 0 Å². The lowest BCUT2D eigenvalue weighted by atomic mass is 10.1. The highest BCUT2D eigenvalue weighted by Crippen LogP contribution is 2.47. The monoisotopic (exact) mass is 664 g/mol. The third kappa shape index (κ3) is 5.96. The van der Waals surface area contributed by atoms with Crippen LogP contribution in [-0.4, -0.2) is 37.3 Å². The maximum absolute atomic E-state index is 12.9. The largest absolute Gasteiger partial charge is 0.508 e. The van der Waals surface area contributed by atoms with Gasteiger partial charge in [-0.2, -0.15) is 0 Å². The molecule has 6 rings (SSSR count). The van der Waals surface area contributed by atoms with Gasteiger partial charge < -0.3 is 49.2 Å². The molecule has 240 valence electrons. The SMILES string of the molecule is CP(=O)(OOc1cc(-c2oc3cc(O)ccc3c(=O)c2O)ccc1O)OOc1cc(-c2oc3cc(O)ccc3c(=O)c2O)ccc1O. The van der Waals surface area contributed by atoms with Gasteiger partial charge in [-0.3, -0.25) is 14.2 Å². The predicted octanol–water partition coefficient (Wildman–Crippen LogP) is 5.61. The van der Waals surface area contributed by atoms with Crippen LogP contribution in [0.5, 0.6) is 46.0 Å². The first-order chi connectivity index (χ1) is 22.3. The minimum atomic E-state index is -4.32. The number of hydrogen-bond acceptors (Lipinski definition) is 15. The number of aromatic hydroxyl groups is 6. The molecule has 0 saturated heterocycles. The summed E-state index contributed by atoms with van der Waals surface area (Å²) in [6.07, 6.45) is 0.